The molecule has 0 bridgehead atoms. The van der Waals surface area contributed by atoms with Crippen molar-refractivity contribution in [1.82, 2.24) is 5.32 Å². The maximum atomic E-state index is 3.61. The normalized spacial score (nSPS) is 13.6. The third-order valence-corrected chi connectivity index (χ3v) is 4.08. The molecular formula is C19H27N. The summed E-state index contributed by atoms with van der Waals surface area (Å²) in [6, 6.07) is 15.9. The minimum absolute atomic E-state index is 0.182. The molecule has 0 heterocycles. The summed E-state index contributed by atoms with van der Waals surface area (Å²) in [5, 5.41) is 6.34. The van der Waals surface area contributed by atoms with Gasteiger partial charge in [-0.1, -0.05) is 63.2 Å². The summed E-state index contributed by atoms with van der Waals surface area (Å²) in [7, 11) is 0. The van der Waals surface area contributed by atoms with Crippen molar-refractivity contribution in [3.8, 4) is 0 Å². The summed E-state index contributed by atoms with van der Waals surface area (Å²) < 4.78 is 0. The minimum atomic E-state index is 0.182. The number of benzene rings is 2. The SMILES string of the molecule is CCCNC(C)CC(C)(C)c1cccc2ccccc12. The molecule has 108 valence electrons. The van der Waals surface area contributed by atoms with Crippen LogP contribution in [0.1, 0.15) is 46.1 Å². The first-order valence-corrected chi connectivity index (χ1v) is 7.76. The van der Waals surface area contributed by atoms with Gasteiger partial charge in [0.1, 0.15) is 0 Å². The van der Waals surface area contributed by atoms with Crippen molar-refractivity contribution in [3.63, 3.8) is 0 Å². The fraction of sp³-hybridized carbons (Fsp3) is 0.474. The van der Waals surface area contributed by atoms with Crippen LogP contribution in [0.2, 0.25) is 0 Å². The predicted molar refractivity (Wildman–Crippen MR) is 89.3 cm³/mol. The van der Waals surface area contributed by atoms with Crippen LogP contribution in [0.4, 0.5) is 0 Å². The number of hydrogen-bond acceptors (Lipinski definition) is 1. The second kappa shape index (κ2) is 6.41. The molecule has 2 aromatic rings. The van der Waals surface area contributed by atoms with Crippen LogP contribution in [-0.4, -0.2) is 12.6 Å². The lowest BCUT2D eigenvalue weighted by Crippen LogP contribution is -2.33. The Labute approximate surface area is 123 Å². The number of hydrogen-bond donors (Lipinski definition) is 1. The smallest absolute Gasteiger partial charge is 0.00470 e. The van der Waals surface area contributed by atoms with E-state index in [-0.39, 0.29) is 5.41 Å². The lowest BCUT2D eigenvalue weighted by molar-refractivity contribution is 0.392. The Balaban J connectivity index is 2.27. The second-order valence-electron chi connectivity index (χ2n) is 6.47. The van der Waals surface area contributed by atoms with E-state index in [1.807, 2.05) is 0 Å². The topological polar surface area (TPSA) is 12.0 Å². The van der Waals surface area contributed by atoms with Crippen LogP contribution in [0.25, 0.3) is 10.8 Å². The highest BCUT2D eigenvalue weighted by Crippen LogP contribution is 2.33. The largest absolute Gasteiger partial charge is 0.314 e. The molecule has 0 amide bonds. The van der Waals surface area contributed by atoms with E-state index >= 15 is 0 Å². The van der Waals surface area contributed by atoms with Gasteiger partial charge in [-0.3, -0.25) is 0 Å². The maximum absolute atomic E-state index is 3.61. The Morgan fingerprint density at radius 3 is 2.50 bits per heavy atom. The van der Waals surface area contributed by atoms with Gasteiger partial charge in [-0.25, -0.2) is 0 Å². The first-order valence-electron chi connectivity index (χ1n) is 7.76. The van der Waals surface area contributed by atoms with Crippen LogP contribution in [0.5, 0.6) is 0 Å². The van der Waals surface area contributed by atoms with Crippen molar-refractivity contribution < 1.29 is 0 Å². The first kappa shape index (κ1) is 15.1. The van der Waals surface area contributed by atoms with Crippen molar-refractivity contribution in [3.05, 3.63) is 48.0 Å². The van der Waals surface area contributed by atoms with E-state index in [0.29, 0.717) is 6.04 Å². The molecule has 1 N–H and O–H groups in total. The van der Waals surface area contributed by atoms with E-state index in [9.17, 15) is 0 Å². The second-order valence-corrected chi connectivity index (χ2v) is 6.47. The van der Waals surface area contributed by atoms with Crippen LogP contribution in [-0.2, 0) is 5.41 Å². The molecule has 0 aliphatic rings. The Bertz CT molecular complexity index is 551. The molecule has 0 aromatic heterocycles. The Kier molecular flexibility index (Phi) is 4.82. The summed E-state index contributed by atoms with van der Waals surface area (Å²) in [6.07, 6.45) is 2.35. The average Bonchev–Trinajstić information content (AvgIpc) is 2.44. The first-order chi connectivity index (χ1) is 9.54. The van der Waals surface area contributed by atoms with E-state index in [4.69, 9.17) is 0 Å². The summed E-state index contributed by atoms with van der Waals surface area (Å²) in [5.41, 5.74) is 1.64. The average molecular weight is 269 g/mol. The number of rotatable bonds is 6. The highest BCUT2D eigenvalue weighted by atomic mass is 14.9. The molecular weight excluding hydrogens is 242 g/mol. The predicted octanol–water partition coefficient (Wildman–Crippen LogP) is 4.90. The summed E-state index contributed by atoms with van der Waals surface area (Å²) in [4.78, 5) is 0. The van der Waals surface area contributed by atoms with E-state index in [0.717, 1.165) is 13.0 Å². The molecule has 0 spiro atoms. The zero-order chi connectivity index (χ0) is 14.6. The Hall–Kier alpha value is -1.34. The van der Waals surface area contributed by atoms with Gasteiger partial charge in [0.2, 0.25) is 0 Å². The van der Waals surface area contributed by atoms with Crippen molar-refractivity contribution in [2.75, 3.05) is 6.54 Å². The van der Waals surface area contributed by atoms with Crippen molar-refractivity contribution in [2.45, 2.75) is 52.0 Å². The Morgan fingerprint density at radius 2 is 1.75 bits per heavy atom. The molecule has 0 aliphatic carbocycles. The summed E-state index contributed by atoms with van der Waals surface area (Å²) in [5.74, 6) is 0. The standard InChI is InChI=1S/C19H27N/c1-5-13-20-15(2)14-19(3,4)18-12-8-10-16-9-6-7-11-17(16)18/h6-12,15,20H,5,13-14H2,1-4H3. The third-order valence-electron chi connectivity index (χ3n) is 4.08. The molecule has 1 nitrogen and oxygen atoms in total. The van der Waals surface area contributed by atoms with Gasteiger partial charge in [0.15, 0.2) is 0 Å². The molecule has 0 saturated carbocycles. The van der Waals surface area contributed by atoms with Crippen molar-refractivity contribution in [1.29, 1.82) is 0 Å². The van der Waals surface area contributed by atoms with Gasteiger partial charge < -0.3 is 5.32 Å². The molecule has 2 aromatic carbocycles. The molecule has 0 aliphatic heterocycles. The highest BCUT2D eigenvalue weighted by molar-refractivity contribution is 5.86. The van der Waals surface area contributed by atoms with Crippen LogP contribution in [0, 0.1) is 0 Å². The van der Waals surface area contributed by atoms with Crippen LogP contribution in [0.15, 0.2) is 42.5 Å². The molecule has 0 saturated heterocycles. The maximum Gasteiger partial charge on any atom is 0.00470 e. The number of fused-ring (bicyclic) bond motifs is 1. The fourth-order valence-electron chi connectivity index (χ4n) is 3.15. The molecule has 2 rings (SSSR count). The zero-order valence-electron chi connectivity index (χ0n) is 13.2. The van der Waals surface area contributed by atoms with E-state index < -0.39 is 0 Å². The van der Waals surface area contributed by atoms with Crippen molar-refractivity contribution >= 4 is 10.8 Å². The van der Waals surface area contributed by atoms with Gasteiger partial charge in [-0.05, 0) is 48.1 Å². The molecule has 0 radical (unpaired) electrons. The lowest BCUT2D eigenvalue weighted by atomic mass is 9.77. The van der Waals surface area contributed by atoms with Crippen LogP contribution >= 0.6 is 0 Å². The van der Waals surface area contributed by atoms with Gasteiger partial charge in [0.05, 0.1) is 0 Å². The van der Waals surface area contributed by atoms with Gasteiger partial charge in [-0.2, -0.15) is 0 Å². The van der Waals surface area contributed by atoms with Gasteiger partial charge >= 0.3 is 0 Å². The number of nitrogens with one attached hydrogen (secondary N) is 1. The molecule has 1 heteroatoms. The molecule has 1 unspecified atom stereocenters. The monoisotopic (exact) mass is 269 g/mol. The van der Waals surface area contributed by atoms with E-state index in [2.05, 4.69) is 75.5 Å². The molecule has 20 heavy (non-hydrogen) atoms. The summed E-state index contributed by atoms with van der Waals surface area (Å²) in [6.45, 7) is 10.3. The summed E-state index contributed by atoms with van der Waals surface area (Å²) >= 11 is 0. The zero-order valence-corrected chi connectivity index (χ0v) is 13.2. The fourth-order valence-corrected chi connectivity index (χ4v) is 3.15. The van der Waals surface area contributed by atoms with Gasteiger partial charge in [-0.15, -0.1) is 0 Å². The van der Waals surface area contributed by atoms with E-state index in [1.54, 1.807) is 0 Å². The molecule has 1 atom stereocenters. The quantitative estimate of drug-likeness (QED) is 0.787. The van der Waals surface area contributed by atoms with Gasteiger partial charge in [0.25, 0.3) is 0 Å². The lowest BCUT2D eigenvalue weighted by Gasteiger charge is -2.30. The Morgan fingerprint density at radius 1 is 1.05 bits per heavy atom. The minimum Gasteiger partial charge on any atom is -0.314 e. The van der Waals surface area contributed by atoms with E-state index in [1.165, 1.54) is 22.8 Å². The third kappa shape index (κ3) is 3.40. The highest BCUT2D eigenvalue weighted by Gasteiger charge is 2.24. The van der Waals surface area contributed by atoms with Crippen LogP contribution in [0.3, 0.4) is 0 Å². The van der Waals surface area contributed by atoms with Crippen molar-refractivity contribution in [2.24, 2.45) is 0 Å². The van der Waals surface area contributed by atoms with Crippen LogP contribution < -0.4 is 5.32 Å². The molecule has 0 fully saturated rings. The van der Waals surface area contributed by atoms with Gasteiger partial charge in [0, 0.05) is 6.04 Å².